The molecule has 0 saturated carbocycles. The number of esters is 1. The molecule has 4 nitrogen and oxygen atoms in total. The van der Waals surface area contributed by atoms with Crippen molar-refractivity contribution in [3.8, 4) is 5.75 Å². The Kier molecular flexibility index (Phi) is 6.60. The Labute approximate surface area is 112 Å². The fourth-order valence-electron chi connectivity index (χ4n) is 1.49. The summed E-state index contributed by atoms with van der Waals surface area (Å²) in [5.74, 6) is 1.49. The zero-order chi connectivity index (χ0) is 13.4. The fourth-order valence-corrected chi connectivity index (χ4v) is 2.41. The molecule has 0 radical (unpaired) electrons. The van der Waals surface area contributed by atoms with Gasteiger partial charge < -0.3 is 14.8 Å². The van der Waals surface area contributed by atoms with Crippen LogP contribution in [0.1, 0.15) is 6.42 Å². The summed E-state index contributed by atoms with van der Waals surface area (Å²) in [5.41, 5.74) is 0. The van der Waals surface area contributed by atoms with Crippen molar-refractivity contribution in [1.82, 2.24) is 5.32 Å². The second kappa shape index (κ2) is 8.00. The van der Waals surface area contributed by atoms with Crippen LogP contribution in [0.5, 0.6) is 5.75 Å². The maximum Gasteiger partial charge on any atom is 0.322 e. The van der Waals surface area contributed by atoms with Gasteiger partial charge in [0.05, 0.1) is 14.2 Å². The Bertz CT molecular complexity index is 367. The summed E-state index contributed by atoms with van der Waals surface area (Å²) >= 11 is 1.71. The minimum Gasteiger partial charge on any atom is -0.497 e. The largest absolute Gasteiger partial charge is 0.497 e. The van der Waals surface area contributed by atoms with Crippen LogP contribution >= 0.6 is 11.8 Å². The molecule has 1 atom stereocenters. The zero-order valence-corrected chi connectivity index (χ0v) is 11.8. The van der Waals surface area contributed by atoms with E-state index < -0.39 is 0 Å². The molecule has 1 unspecified atom stereocenters. The highest BCUT2D eigenvalue weighted by atomic mass is 32.2. The first-order chi connectivity index (χ1) is 8.71. The first-order valence-electron chi connectivity index (χ1n) is 5.73. The first-order valence-corrected chi connectivity index (χ1v) is 6.71. The standard InChI is InChI=1S/C13H19NO3S/c1-14-12(13(15)17-3)8-9-18-11-6-4-10(16-2)5-7-11/h4-7,12,14H,8-9H2,1-3H3. The number of hydrogen-bond donors (Lipinski definition) is 1. The van der Waals surface area contributed by atoms with Gasteiger partial charge in [0, 0.05) is 10.6 Å². The Morgan fingerprint density at radius 1 is 1.33 bits per heavy atom. The highest BCUT2D eigenvalue weighted by molar-refractivity contribution is 7.99. The van der Waals surface area contributed by atoms with Gasteiger partial charge in [0.1, 0.15) is 11.8 Å². The maximum atomic E-state index is 11.4. The van der Waals surface area contributed by atoms with Crippen molar-refractivity contribution in [2.24, 2.45) is 0 Å². The topological polar surface area (TPSA) is 47.6 Å². The SMILES string of the molecule is CNC(CCSc1ccc(OC)cc1)C(=O)OC. The molecule has 0 bridgehead atoms. The summed E-state index contributed by atoms with van der Waals surface area (Å²) in [7, 11) is 4.82. The molecular formula is C13H19NO3S. The normalized spacial score (nSPS) is 11.9. The fraction of sp³-hybridized carbons (Fsp3) is 0.462. The molecule has 1 rings (SSSR count). The van der Waals surface area contributed by atoms with Gasteiger partial charge in [-0.25, -0.2) is 0 Å². The van der Waals surface area contributed by atoms with Gasteiger partial charge in [-0.1, -0.05) is 0 Å². The van der Waals surface area contributed by atoms with E-state index in [-0.39, 0.29) is 12.0 Å². The molecule has 1 aromatic carbocycles. The highest BCUT2D eigenvalue weighted by Gasteiger charge is 2.15. The second-order valence-electron chi connectivity index (χ2n) is 3.68. The van der Waals surface area contributed by atoms with Gasteiger partial charge >= 0.3 is 5.97 Å². The van der Waals surface area contributed by atoms with E-state index in [9.17, 15) is 4.79 Å². The van der Waals surface area contributed by atoms with Crippen LogP contribution in [-0.4, -0.2) is 39.0 Å². The minimum atomic E-state index is -0.235. The maximum absolute atomic E-state index is 11.4. The molecule has 100 valence electrons. The third kappa shape index (κ3) is 4.58. The van der Waals surface area contributed by atoms with Crippen molar-refractivity contribution in [3.63, 3.8) is 0 Å². The van der Waals surface area contributed by atoms with Crippen LogP contribution in [-0.2, 0) is 9.53 Å². The number of methoxy groups -OCH3 is 2. The molecule has 0 spiro atoms. The van der Waals surface area contributed by atoms with E-state index in [1.807, 2.05) is 24.3 Å². The lowest BCUT2D eigenvalue weighted by atomic mass is 10.2. The van der Waals surface area contributed by atoms with Gasteiger partial charge in [-0.15, -0.1) is 11.8 Å². The van der Waals surface area contributed by atoms with Crippen molar-refractivity contribution in [2.75, 3.05) is 27.0 Å². The summed E-state index contributed by atoms with van der Waals surface area (Å²) in [4.78, 5) is 12.5. The highest BCUT2D eigenvalue weighted by Crippen LogP contribution is 2.22. The monoisotopic (exact) mass is 269 g/mol. The summed E-state index contributed by atoms with van der Waals surface area (Å²) in [5, 5.41) is 2.95. The van der Waals surface area contributed by atoms with Crippen LogP contribution in [0.25, 0.3) is 0 Å². The number of nitrogens with one attached hydrogen (secondary N) is 1. The molecule has 1 N–H and O–H groups in total. The number of thioether (sulfide) groups is 1. The summed E-state index contributed by atoms with van der Waals surface area (Å²) in [6.07, 6.45) is 0.736. The second-order valence-corrected chi connectivity index (χ2v) is 4.85. The Morgan fingerprint density at radius 3 is 2.50 bits per heavy atom. The van der Waals surface area contributed by atoms with Crippen molar-refractivity contribution in [3.05, 3.63) is 24.3 Å². The predicted molar refractivity (Wildman–Crippen MR) is 73.2 cm³/mol. The Morgan fingerprint density at radius 2 is 2.00 bits per heavy atom. The minimum absolute atomic E-state index is 0.215. The van der Waals surface area contributed by atoms with Gasteiger partial charge in [-0.05, 0) is 37.7 Å². The summed E-state index contributed by atoms with van der Waals surface area (Å²) < 4.78 is 9.80. The smallest absolute Gasteiger partial charge is 0.322 e. The number of ether oxygens (including phenoxy) is 2. The van der Waals surface area contributed by atoms with Crippen LogP contribution in [0.2, 0.25) is 0 Å². The van der Waals surface area contributed by atoms with Crippen LogP contribution in [0, 0.1) is 0 Å². The summed E-state index contributed by atoms with van der Waals surface area (Å²) in [6.45, 7) is 0. The number of benzene rings is 1. The quantitative estimate of drug-likeness (QED) is 0.605. The van der Waals surface area contributed by atoms with Crippen molar-refractivity contribution < 1.29 is 14.3 Å². The average molecular weight is 269 g/mol. The molecular weight excluding hydrogens is 250 g/mol. The third-order valence-corrected chi connectivity index (χ3v) is 3.61. The van der Waals surface area contributed by atoms with Gasteiger partial charge in [0.2, 0.25) is 0 Å². The van der Waals surface area contributed by atoms with E-state index >= 15 is 0 Å². The van der Waals surface area contributed by atoms with Gasteiger partial charge in [-0.2, -0.15) is 0 Å². The van der Waals surface area contributed by atoms with Crippen molar-refractivity contribution in [1.29, 1.82) is 0 Å². The van der Waals surface area contributed by atoms with Crippen LogP contribution < -0.4 is 10.1 Å². The Hall–Kier alpha value is -1.20. The lowest BCUT2D eigenvalue weighted by Gasteiger charge is -2.13. The number of rotatable bonds is 7. The van der Waals surface area contributed by atoms with Gasteiger partial charge in [0.25, 0.3) is 0 Å². The molecule has 0 amide bonds. The summed E-state index contributed by atoms with van der Waals surface area (Å²) in [6, 6.07) is 7.64. The molecule has 0 aliphatic heterocycles. The van der Waals surface area contributed by atoms with Gasteiger partial charge in [0.15, 0.2) is 0 Å². The van der Waals surface area contributed by atoms with E-state index in [0.717, 1.165) is 22.8 Å². The van der Waals surface area contributed by atoms with E-state index in [4.69, 9.17) is 9.47 Å². The number of carbonyl (C=O) groups excluding carboxylic acids is 1. The van der Waals surface area contributed by atoms with Gasteiger partial charge in [-0.3, -0.25) is 4.79 Å². The molecule has 0 aliphatic carbocycles. The van der Waals surface area contributed by atoms with E-state index in [1.165, 1.54) is 7.11 Å². The molecule has 0 saturated heterocycles. The number of likely N-dealkylation sites (N-methyl/N-ethyl adjacent to an activating group) is 1. The first kappa shape index (κ1) is 14.9. The van der Waals surface area contributed by atoms with Crippen molar-refractivity contribution in [2.45, 2.75) is 17.4 Å². The number of hydrogen-bond acceptors (Lipinski definition) is 5. The van der Waals surface area contributed by atoms with E-state index in [1.54, 1.807) is 25.9 Å². The molecule has 0 fully saturated rings. The zero-order valence-electron chi connectivity index (χ0n) is 10.9. The predicted octanol–water partition coefficient (Wildman–Crippen LogP) is 1.94. The molecule has 0 aromatic heterocycles. The molecule has 0 aliphatic rings. The van der Waals surface area contributed by atoms with Crippen molar-refractivity contribution >= 4 is 17.7 Å². The Balaban J connectivity index is 2.37. The lowest BCUT2D eigenvalue weighted by Crippen LogP contribution is -2.35. The molecule has 18 heavy (non-hydrogen) atoms. The molecule has 1 aromatic rings. The average Bonchev–Trinajstić information content (AvgIpc) is 2.43. The lowest BCUT2D eigenvalue weighted by molar-refractivity contribution is -0.143. The van der Waals surface area contributed by atoms with Crippen LogP contribution in [0.3, 0.4) is 0 Å². The van der Waals surface area contributed by atoms with E-state index in [0.29, 0.717) is 0 Å². The molecule has 0 heterocycles. The molecule has 5 heteroatoms. The van der Waals surface area contributed by atoms with Crippen LogP contribution in [0.4, 0.5) is 0 Å². The number of carbonyl (C=O) groups is 1. The van der Waals surface area contributed by atoms with E-state index in [2.05, 4.69) is 5.32 Å². The van der Waals surface area contributed by atoms with Crippen LogP contribution in [0.15, 0.2) is 29.2 Å². The third-order valence-electron chi connectivity index (χ3n) is 2.57.